The average Bonchev–Trinajstić information content (AvgIpc) is 2.80. The van der Waals surface area contributed by atoms with E-state index < -0.39 is 0 Å². The van der Waals surface area contributed by atoms with Gasteiger partial charge in [-0.25, -0.2) is 4.99 Å². The summed E-state index contributed by atoms with van der Waals surface area (Å²) in [5.41, 5.74) is 3.85. The van der Waals surface area contributed by atoms with Crippen molar-refractivity contribution >= 4 is 33.2 Å². The summed E-state index contributed by atoms with van der Waals surface area (Å²) < 4.78 is 11.9. The lowest BCUT2D eigenvalue weighted by molar-refractivity contribution is -0.735. The predicted molar refractivity (Wildman–Crippen MR) is 130 cm³/mol. The van der Waals surface area contributed by atoms with Crippen LogP contribution in [-0.2, 0) is 0 Å². The third-order valence-electron chi connectivity index (χ3n) is 5.55. The van der Waals surface area contributed by atoms with Crippen molar-refractivity contribution in [3.05, 3.63) is 86.8 Å². The van der Waals surface area contributed by atoms with Crippen LogP contribution in [0.3, 0.4) is 0 Å². The van der Waals surface area contributed by atoms with Crippen LogP contribution in [-0.4, -0.2) is 24.5 Å². The molecule has 0 bridgehead atoms. The summed E-state index contributed by atoms with van der Waals surface area (Å²) in [6.07, 6.45) is 0.482. The molecular formula is C25H25BrClN2O3+. The van der Waals surface area contributed by atoms with Gasteiger partial charge in [0.2, 0.25) is 6.17 Å². The van der Waals surface area contributed by atoms with Gasteiger partial charge in [-0.1, -0.05) is 29.8 Å². The van der Waals surface area contributed by atoms with Crippen LogP contribution in [0, 0.1) is 0 Å². The lowest BCUT2D eigenvalue weighted by Gasteiger charge is -2.28. The van der Waals surface area contributed by atoms with E-state index in [1.54, 1.807) is 13.2 Å². The molecule has 0 aromatic heterocycles. The summed E-state index contributed by atoms with van der Waals surface area (Å²) in [5.74, 6) is 1.45. The first-order valence-corrected chi connectivity index (χ1v) is 11.6. The maximum absolute atomic E-state index is 10.9. The fourth-order valence-corrected chi connectivity index (χ4v) is 4.66. The minimum Gasteiger partial charge on any atom is -0.504 e. The molecule has 3 aromatic rings. The molecule has 0 fully saturated rings. The van der Waals surface area contributed by atoms with Crippen molar-refractivity contribution in [3.63, 3.8) is 0 Å². The summed E-state index contributed by atoms with van der Waals surface area (Å²) in [5, 5.41) is 13.8. The van der Waals surface area contributed by atoms with Gasteiger partial charge in [-0.15, -0.1) is 0 Å². The second-order valence-corrected chi connectivity index (χ2v) is 8.84. The largest absolute Gasteiger partial charge is 0.504 e. The van der Waals surface area contributed by atoms with Gasteiger partial charge < -0.3 is 19.9 Å². The predicted octanol–water partition coefficient (Wildman–Crippen LogP) is 5.41. The van der Waals surface area contributed by atoms with Gasteiger partial charge in [-0.3, -0.25) is 0 Å². The molecule has 0 amide bonds. The molecule has 1 heterocycles. The SMILES string of the molecule is CCOc1cccc(C2CC(c3ccc(Cl)cc3)=NC(c3ccc(OC)c(Br)c3)[NH2+]2)c1O. The molecule has 4 rings (SSSR count). The van der Waals surface area contributed by atoms with Crippen LogP contribution in [0.5, 0.6) is 17.2 Å². The van der Waals surface area contributed by atoms with Crippen LogP contribution in [0.25, 0.3) is 0 Å². The normalized spacial score (nSPS) is 18.2. The number of phenolic OH excluding ortho intramolecular Hbond substituents is 1. The zero-order valence-electron chi connectivity index (χ0n) is 17.9. The number of aromatic hydroxyl groups is 1. The maximum atomic E-state index is 10.9. The highest BCUT2D eigenvalue weighted by atomic mass is 79.9. The van der Waals surface area contributed by atoms with Crippen LogP contribution in [0.2, 0.25) is 5.02 Å². The monoisotopic (exact) mass is 515 g/mol. The van der Waals surface area contributed by atoms with E-state index in [0.717, 1.165) is 32.6 Å². The van der Waals surface area contributed by atoms with Gasteiger partial charge in [0, 0.05) is 17.0 Å². The number of quaternary nitrogens is 1. The van der Waals surface area contributed by atoms with E-state index in [4.69, 9.17) is 26.1 Å². The molecule has 3 aromatic carbocycles. The first-order valence-electron chi connectivity index (χ1n) is 10.5. The minimum absolute atomic E-state index is 0.0375. The van der Waals surface area contributed by atoms with Crippen LogP contribution in [0.4, 0.5) is 0 Å². The van der Waals surface area contributed by atoms with Crippen LogP contribution >= 0.6 is 27.5 Å². The molecule has 0 saturated heterocycles. The molecule has 0 spiro atoms. The van der Waals surface area contributed by atoms with Gasteiger partial charge >= 0.3 is 0 Å². The van der Waals surface area contributed by atoms with Gasteiger partial charge in [0.1, 0.15) is 11.8 Å². The number of aliphatic imine (C=N–C) groups is 1. The number of benzene rings is 3. The van der Waals surface area contributed by atoms with Gasteiger partial charge in [-0.05, 0) is 70.9 Å². The number of nitrogens with two attached hydrogens (primary N) is 1. The lowest BCUT2D eigenvalue weighted by atomic mass is 9.93. The number of halogens is 2. The van der Waals surface area contributed by atoms with Crippen molar-refractivity contribution in [2.24, 2.45) is 4.99 Å². The molecule has 1 aliphatic heterocycles. The number of phenols is 1. The Balaban J connectivity index is 1.76. The van der Waals surface area contributed by atoms with E-state index in [1.807, 2.05) is 61.5 Å². The van der Waals surface area contributed by atoms with Crippen molar-refractivity contribution in [3.8, 4) is 17.2 Å². The summed E-state index contributed by atoms with van der Waals surface area (Å²) in [6.45, 7) is 2.40. The van der Waals surface area contributed by atoms with Crippen molar-refractivity contribution in [1.29, 1.82) is 0 Å². The molecule has 2 atom stereocenters. The molecule has 32 heavy (non-hydrogen) atoms. The van der Waals surface area contributed by atoms with Crippen LogP contribution in [0.15, 0.2) is 70.1 Å². The highest BCUT2D eigenvalue weighted by Gasteiger charge is 2.32. The fraction of sp³-hybridized carbons (Fsp3) is 0.240. The molecule has 0 saturated carbocycles. The molecular weight excluding hydrogens is 492 g/mol. The molecule has 7 heteroatoms. The molecule has 3 N–H and O–H groups in total. The maximum Gasteiger partial charge on any atom is 0.206 e. The van der Waals surface area contributed by atoms with Crippen molar-refractivity contribution in [2.75, 3.05) is 13.7 Å². The Kier molecular flexibility index (Phi) is 7.04. The average molecular weight is 517 g/mol. The zero-order valence-corrected chi connectivity index (χ0v) is 20.2. The number of methoxy groups -OCH3 is 1. The summed E-state index contributed by atoms with van der Waals surface area (Å²) in [4.78, 5) is 5.06. The van der Waals surface area contributed by atoms with Crippen LogP contribution < -0.4 is 14.8 Å². The van der Waals surface area contributed by atoms with E-state index in [-0.39, 0.29) is 18.0 Å². The second-order valence-electron chi connectivity index (χ2n) is 7.55. The summed E-state index contributed by atoms with van der Waals surface area (Å²) in [6, 6.07) is 19.3. The van der Waals surface area contributed by atoms with E-state index in [0.29, 0.717) is 23.8 Å². The first-order chi connectivity index (χ1) is 15.5. The topological polar surface area (TPSA) is 67.7 Å². The summed E-state index contributed by atoms with van der Waals surface area (Å²) >= 11 is 9.69. The molecule has 0 aliphatic carbocycles. The molecule has 0 radical (unpaired) electrons. The number of ether oxygens (including phenoxy) is 2. The number of rotatable bonds is 6. The number of para-hydroxylation sites is 1. The van der Waals surface area contributed by atoms with Crippen molar-refractivity contribution in [1.82, 2.24) is 0 Å². The third kappa shape index (κ3) is 4.77. The molecule has 166 valence electrons. The lowest BCUT2D eigenvalue weighted by Crippen LogP contribution is -2.87. The number of nitrogens with zero attached hydrogens (tertiary/aromatic N) is 1. The van der Waals surface area contributed by atoms with Gasteiger partial charge in [-0.2, -0.15) is 0 Å². The molecule has 5 nitrogen and oxygen atoms in total. The van der Waals surface area contributed by atoms with Crippen molar-refractivity contribution in [2.45, 2.75) is 25.6 Å². The highest BCUT2D eigenvalue weighted by molar-refractivity contribution is 9.10. The van der Waals surface area contributed by atoms with Gasteiger partial charge in [0.15, 0.2) is 11.5 Å². The number of hydrogen-bond acceptors (Lipinski definition) is 4. The third-order valence-corrected chi connectivity index (χ3v) is 6.42. The Labute approximate surface area is 201 Å². The van der Waals surface area contributed by atoms with Crippen LogP contribution in [0.1, 0.15) is 42.2 Å². The minimum atomic E-state index is -0.184. The second kappa shape index (κ2) is 9.94. The fourth-order valence-electron chi connectivity index (χ4n) is 3.97. The Morgan fingerprint density at radius 3 is 2.59 bits per heavy atom. The Morgan fingerprint density at radius 2 is 1.91 bits per heavy atom. The smallest absolute Gasteiger partial charge is 0.206 e. The molecule has 2 unspecified atom stereocenters. The first kappa shape index (κ1) is 22.6. The highest BCUT2D eigenvalue weighted by Crippen LogP contribution is 2.36. The van der Waals surface area contributed by atoms with Crippen molar-refractivity contribution < 1.29 is 19.9 Å². The van der Waals surface area contributed by atoms with Gasteiger partial charge in [0.25, 0.3) is 0 Å². The zero-order chi connectivity index (χ0) is 22.7. The van der Waals surface area contributed by atoms with E-state index in [2.05, 4.69) is 21.2 Å². The standard InChI is InChI=1S/C25H24BrClN2O3/c1-3-32-23-6-4-5-18(24(23)30)21-14-20(15-7-10-17(27)11-8-15)28-25(29-21)16-9-12-22(31-2)19(26)13-16/h4-13,21,25,29-30H,3,14H2,1-2H3/p+1. The summed E-state index contributed by atoms with van der Waals surface area (Å²) in [7, 11) is 1.65. The molecule has 1 aliphatic rings. The Bertz CT molecular complexity index is 1130. The van der Waals surface area contributed by atoms with E-state index in [9.17, 15) is 5.11 Å². The Hall–Kier alpha value is -2.54. The van der Waals surface area contributed by atoms with E-state index >= 15 is 0 Å². The number of hydrogen-bond donors (Lipinski definition) is 2. The quantitative estimate of drug-likeness (QED) is 0.460. The van der Waals surface area contributed by atoms with E-state index in [1.165, 1.54) is 0 Å². The Morgan fingerprint density at radius 1 is 1.12 bits per heavy atom. The van der Waals surface area contributed by atoms with Gasteiger partial charge in [0.05, 0.1) is 29.5 Å².